The molecule has 2 aliphatic heterocycles. The minimum atomic E-state index is -0.433. The number of carbonyl (C=O) groups is 2. The Hall–Kier alpha value is -4.28. The largest absolute Gasteiger partial charge is 0.493 e. The molecule has 10 heteroatoms. The summed E-state index contributed by atoms with van der Waals surface area (Å²) in [4.78, 5) is 30.5. The summed E-state index contributed by atoms with van der Waals surface area (Å²) in [6.45, 7) is 2.84. The van der Waals surface area contributed by atoms with E-state index in [2.05, 4.69) is 28.4 Å². The van der Waals surface area contributed by atoms with E-state index in [1.54, 1.807) is 26.2 Å². The van der Waals surface area contributed by atoms with Gasteiger partial charge < -0.3 is 33.9 Å². The summed E-state index contributed by atoms with van der Waals surface area (Å²) < 4.78 is 28.0. The molecule has 1 aliphatic carbocycles. The number of ether oxygens (including phenoxy) is 5. The topological polar surface area (TPSA) is 98.8 Å². The number of benzene rings is 3. The predicted molar refractivity (Wildman–Crippen MR) is 168 cm³/mol. The Balaban J connectivity index is 1.29. The summed E-state index contributed by atoms with van der Waals surface area (Å²) in [6.07, 6.45) is 2.77. The first-order valence-electron chi connectivity index (χ1n) is 15.5. The Bertz CT molecular complexity index is 1540. The van der Waals surface area contributed by atoms with Crippen molar-refractivity contribution in [2.24, 2.45) is 0 Å². The zero-order chi connectivity index (χ0) is 31.3. The molecule has 0 saturated carbocycles. The van der Waals surface area contributed by atoms with Gasteiger partial charge in [-0.25, -0.2) is 4.79 Å². The van der Waals surface area contributed by atoms with Crippen LogP contribution in [0.1, 0.15) is 46.3 Å². The first kappa shape index (κ1) is 30.7. The number of hydrogen-bond acceptors (Lipinski definition) is 8. The van der Waals surface area contributed by atoms with Gasteiger partial charge >= 0.3 is 6.09 Å². The van der Waals surface area contributed by atoms with Gasteiger partial charge in [0.05, 0.1) is 47.1 Å². The first-order chi connectivity index (χ1) is 22.0. The Morgan fingerprint density at radius 3 is 2.36 bits per heavy atom. The second-order valence-corrected chi connectivity index (χ2v) is 11.7. The van der Waals surface area contributed by atoms with Gasteiger partial charge in [0.1, 0.15) is 0 Å². The number of hydrogen-bond donors (Lipinski definition) is 1. The normalized spacial score (nSPS) is 19.3. The number of carbonyl (C=O) groups excluding carboxylic acids is 2. The number of rotatable bonds is 9. The van der Waals surface area contributed by atoms with E-state index in [4.69, 9.17) is 23.7 Å². The van der Waals surface area contributed by atoms with Crippen molar-refractivity contribution in [3.05, 3.63) is 82.4 Å². The molecule has 6 rings (SSSR count). The van der Waals surface area contributed by atoms with Crippen molar-refractivity contribution in [2.45, 2.75) is 37.8 Å². The third-order valence-corrected chi connectivity index (χ3v) is 9.05. The fourth-order valence-electron chi connectivity index (χ4n) is 6.70. The Kier molecular flexibility index (Phi) is 9.42. The molecular formula is C35H41N3O7. The lowest BCUT2D eigenvalue weighted by Crippen LogP contribution is -2.44. The predicted octanol–water partition coefficient (Wildman–Crippen LogP) is 4.49. The van der Waals surface area contributed by atoms with Gasteiger partial charge in [0.2, 0.25) is 5.91 Å². The number of nitrogens with zero attached hydrogens (tertiary/aromatic N) is 2. The molecular weight excluding hydrogens is 574 g/mol. The van der Waals surface area contributed by atoms with Gasteiger partial charge in [-0.05, 0) is 77.8 Å². The number of fused-ring (bicyclic) bond motifs is 2. The van der Waals surface area contributed by atoms with Crippen LogP contribution in [-0.2, 0) is 28.8 Å². The van der Waals surface area contributed by atoms with Crippen molar-refractivity contribution < 1.29 is 33.3 Å². The third kappa shape index (κ3) is 6.72. The highest BCUT2D eigenvalue weighted by Gasteiger charge is 2.33. The standard InChI is InChI=1S/C35H41N3O7/c1-41-30-11-8-23(19-31(30)42-2)18-29-27-21-33(45-35(40)37-14-16-44-17-15-37)32(43-3)20-25(27)12-13-38(29)22-34(39)36-28-10-9-24-6-4-5-7-26(24)28/h4-8,11,19-21,28-29H,9-10,12-18,22H2,1-3H3,(H,36,39). The van der Waals surface area contributed by atoms with Crippen LogP contribution in [0.15, 0.2) is 54.6 Å². The van der Waals surface area contributed by atoms with E-state index in [1.807, 2.05) is 36.4 Å². The fourth-order valence-corrected chi connectivity index (χ4v) is 6.70. The molecule has 2 amide bonds. The molecule has 1 N–H and O–H groups in total. The smallest absolute Gasteiger partial charge is 0.415 e. The Morgan fingerprint density at radius 1 is 0.822 bits per heavy atom. The first-order valence-corrected chi connectivity index (χ1v) is 15.5. The lowest BCUT2D eigenvalue weighted by atomic mass is 9.88. The zero-order valence-corrected chi connectivity index (χ0v) is 26.2. The summed E-state index contributed by atoms with van der Waals surface area (Å²) in [7, 11) is 4.82. The number of amides is 2. The molecule has 0 radical (unpaired) electrons. The number of aryl methyl sites for hydroxylation is 1. The lowest BCUT2D eigenvalue weighted by Gasteiger charge is -2.38. The molecule has 2 atom stereocenters. The van der Waals surface area contributed by atoms with Gasteiger partial charge in [0, 0.05) is 25.7 Å². The van der Waals surface area contributed by atoms with Gasteiger partial charge in [-0.3, -0.25) is 9.69 Å². The molecule has 1 saturated heterocycles. The van der Waals surface area contributed by atoms with Crippen LogP contribution < -0.4 is 24.3 Å². The van der Waals surface area contributed by atoms with Crippen molar-refractivity contribution >= 4 is 12.0 Å². The highest BCUT2D eigenvalue weighted by atomic mass is 16.6. The monoisotopic (exact) mass is 615 g/mol. The molecule has 3 aliphatic rings. The van der Waals surface area contributed by atoms with Crippen LogP contribution >= 0.6 is 0 Å². The lowest BCUT2D eigenvalue weighted by molar-refractivity contribution is -0.123. The second-order valence-electron chi connectivity index (χ2n) is 11.7. The minimum absolute atomic E-state index is 0.00931. The van der Waals surface area contributed by atoms with E-state index in [-0.39, 0.29) is 24.5 Å². The van der Waals surface area contributed by atoms with E-state index in [1.165, 1.54) is 11.1 Å². The molecule has 1 fully saturated rings. The van der Waals surface area contributed by atoms with Crippen molar-refractivity contribution in [3.8, 4) is 23.0 Å². The van der Waals surface area contributed by atoms with Crippen molar-refractivity contribution in [1.82, 2.24) is 15.1 Å². The van der Waals surface area contributed by atoms with E-state index in [9.17, 15) is 9.59 Å². The van der Waals surface area contributed by atoms with Gasteiger partial charge in [0.25, 0.3) is 0 Å². The van der Waals surface area contributed by atoms with E-state index < -0.39 is 6.09 Å². The zero-order valence-electron chi connectivity index (χ0n) is 26.2. The van der Waals surface area contributed by atoms with Gasteiger partial charge in [-0.1, -0.05) is 30.3 Å². The molecule has 2 heterocycles. The number of morpholine rings is 1. The van der Waals surface area contributed by atoms with Gasteiger partial charge in [-0.2, -0.15) is 0 Å². The quantitative estimate of drug-likeness (QED) is 0.376. The number of nitrogens with one attached hydrogen (secondary N) is 1. The summed E-state index contributed by atoms with van der Waals surface area (Å²) in [5, 5.41) is 3.29. The molecule has 0 aromatic heterocycles. The molecule has 3 aromatic rings. The summed E-state index contributed by atoms with van der Waals surface area (Å²) in [6, 6.07) is 18.0. The molecule has 0 spiro atoms. The minimum Gasteiger partial charge on any atom is -0.493 e. The van der Waals surface area contributed by atoms with Crippen molar-refractivity contribution in [3.63, 3.8) is 0 Å². The van der Waals surface area contributed by atoms with Crippen LogP contribution in [0.5, 0.6) is 23.0 Å². The van der Waals surface area contributed by atoms with Crippen LogP contribution in [0.25, 0.3) is 0 Å². The SMILES string of the molecule is COc1ccc(CC2c3cc(OC(=O)N4CCOCC4)c(OC)cc3CCN2CC(=O)NC2CCc3ccccc32)cc1OC. The Labute approximate surface area is 264 Å². The van der Waals surface area contributed by atoms with Crippen molar-refractivity contribution in [2.75, 3.05) is 60.7 Å². The summed E-state index contributed by atoms with van der Waals surface area (Å²) in [5.74, 6) is 2.15. The molecule has 3 aromatic carbocycles. The maximum Gasteiger partial charge on any atom is 0.415 e. The van der Waals surface area contributed by atoms with E-state index in [0.717, 1.165) is 36.0 Å². The van der Waals surface area contributed by atoms with E-state index >= 15 is 0 Å². The Morgan fingerprint density at radius 2 is 1.58 bits per heavy atom. The second kappa shape index (κ2) is 13.8. The maximum atomic E-state index is 13.6. The third-order valence-electron chi connectivity index (χ3n) is 9.05. The summed E-state index contributed by atoms with van der Waals surface area (Å²) in [5.41, 5.74) is 5.64. The molecule has 45 heavy (non-hydrogen) atoms. The van der Waals surface area contributed by atoms with Crippen molar-refractivity contribution in [1.29, 1.82) is 0 Å². The molecule has 2 unspecified atom stereocenters. The van der Waals surface area contributed by atoms with Crippen LogP contribution in [-0.4, -0.2) is 82.5 Å². The van der Waals surface area contributed by atoms with Crippen LogP contribution in [0.3, 0.4) is 0 Å². The molecule has 238 valence electrons. The van der Waals surface area contributed by atoms with Gasteiger partial charge in [-0.15, -0.1) is 0 Å². The summed E-state index contributed by atoms with van der Waals surface area (Å²) >= 11 is 0. The highest BCUT2D eigenvalue weighted by Crippen LogP contribution is 2.41. The molecule has 10 nitrogen and oxygen atoms in total. The van der Waals surface area contributed by atoms with E-state index in [0.29, 0.717) is 62.3 Å². The van der Waals surface area contributed by atoms with Crippen LogP contribution in [0.4, 0.5) is 4.79 Å². The highest BCUT2D eigenvalue weighted by molar-refractivity contribution is 5.79. The number of methoxy groups -OCH3 is 3. The fraction of sp³-hybridized carbons (Fsp3) is 0.429. The van der Waals surface area contributed by atoms with Gasteiger partial charge in [0.15, 0.2) is 23.0 Å². The van der Waals surface area contributed by atoms with Crippen LogP contribution in [0.2, 0.25) is 0 Å². The average Bonchev–Trinajstić information content (AvgIpc) is 3.48. The average molecular weight is 616 g/mol. The maximum absolute atomic E-state index is 13.6. The van der Waals surface area contributed by atoms with Crippen LogP contribution in [0, 0.1) is 0 Å². The molecule has 0 bridgehead atoms.